The van der Waals surface area contributed by atoms with Crippen molar-refractivity contribution < 1.29 is 19.3 Å². The standard InChI is InChI=1S/C24H27ClN4O5/c1-15(2)21(27-23(31)19-9-8-18(29(33)34)14-20(19)25)24(32)28-12-10-16(11-13-28)22(30)26-17-6-4-3-5-7-17/h3-9,14-16,21H,10-13H2,1-2H3,(H,26,30)(H,27,31)/t21-/m0/s1. The number of benzene rings is 2. The minimum Gasteiger partial charge on any atom is -0.341 e. The number of hydrogen-bond acceptors (Lipinski definition) is 5. The van der Waals surface area contributed by atoms with Crippen molar-refractivity contribution in [2.24, 2.45) is 11.8 Å². The number of carbonyl (C=O) groups is 3. The maximum absolute atomic E-state index is 13.2. The maximum atomic E-state index is 13.2. The van der Waals surface area contributed by atoms with Gasteiger partial charge in [-0.25, -0.2) is 0 Å². The molecule has 0 unspecified atom stereocenters. The molecule has 0 spiro atoms. The molecule has 3 rings (SSSR count). The van der Waals surface area contributed by atoms with Crippen LogP contribution in [0.3, 0.4) is 0 Å². The number of hydrogen-bond donors (Lipinski definition) is 2. The number of rotatable bonds is 7. The summed E-state index contributed by atoms with van der Waals surface area (Å²) in [5.41, 5.74) is 0.567. The summed E-state index contributed by atoms with van der Waals surface area (Å²) < 4.78 is 0. The first-order chi connectivity index (χ1) is 16.2. The molecular weight excluding hydrogens is 460 g/mol. The predicted molar refractivity (Wildman–Crippen MR) is 129 cm³/mol. The molecule has 0 aliphatic carbocycles. The Morgan fingerprint density at radius 2 is 1.74 bits per heavy atom. The predicted octanol–water partition coefficient (Wildman–Crippen LogP) is 3.88. The molecule has 2 aromatic carbocycles. The summed E-state index contributed by atoms with van der Waals surface area (Å²) in [6.07, 6.45) is 1.05. The van der Waals surface area contributed by atoms with Gasteiger partial charge >= 0.3 is 0 Å². The number of halogens is 1. The van der Waals surface area contributed by atoms with Crippen LogP contribution < -0.4 is 10.6 Å². The van der Waals surface area contributed by atoms with Gasteiger partial charge in [-0.3, -0.25) is 24.5 Å². The van der Waals surface area contributed by atoms with Crippen molar-refractivity contribution in [2.75, 3.05) is 18.4 Å². The lowest BCUT2D eigenvalue weighted by atomic mass is 9.94. The first kappa shape index (κ1) is 25.2. The number of nitro groups is 1. The molecule has 180 valence electrons. The first-order valence-electron chi connectivity index (χ1n) is 11.1. The number of amides is 3. The summed E-state index contributed by atoms with van der Waals surface area (Å²) in [5, 5.41) is 16.5. The lowest BCUT2D eigenvalue weighted by molar-refractivity contribution is -0.384. The second-order valence-corrected chi connectivity index (χ2v) is 8.98. The molecule has 9 nitrogen and oxygen atoms in total. The van der Waals surface area contributed by atoms with Gasteiger partial charge in [-0.2, -0.15) is 0 Å². The monoisotopic (exact) mass is 486 g/mol. The van der Waals surface area contributed by atoms with Crippen LogP contribution in [0.5, 0.6) is 0 Å². The smallest absolute Gasteiger partial charge is 0.270 e. The lowest BCUT2D eigenvalue weighted by Gasteiger charge is -2.35. The van der Waals surface area contributed by atoms with Gasteiger partial charge in [-0.05, 0) is 37.0 Å². The fraction of sp³-hybridized carbons (Fsp3) is 0.375. The summed E-state index contributed by atoms with van der Waals surface area (Å²) in [5.74, 6) is -1.28. The van der Waals surface area contributed by atoms with Gasteiger partial charge in [0.25, 0.3) is 11.6 Å². The lowest BCUT2D eigenvalue weighted by Crippen LogP contribution is -2.53. The van der Waals surface area contributed by atoms with E-state index in [1.807, 2.05) is 44.2 Å². The van der Waals surface area contributed by atoms with Gasteiger partial charge in [0.05, 0.1) is 15.5 Å². The molecule has 3 amide bonds. The van der Waals surface area contributed by atoms with Gasteiger partial charge in [0.2, 0.25) is 11.8 Å². The van der Waals surface area contributed by atoms with Crippen LogP contribution in [0, 0.1) is 22.0 Å². The molecule has 0 aromatic heterocycles. The maximum Gasteiger partial charge on any atom is 0.270 e. The molecule has 0 bridgehead atoms. The molecule has 1 atom stereocenters. The summed E-state index contributed by atoms with van der Waals surface area (Å²) in [6.45, 7) is 4.45. The first-order valence-corrected chi connectivity index (χ1v) is 11.4. The van der Waals surface area contributed by atoms with Crippen LogP contribution in [0.1, 0.15) is 37.0 Å². The number of nitrogens with zero attached hydrogens (tertiary/aromatic N) is 2. The second kappa shape index (κ2) is 11.1. The SMILES string of the molecule is CC(C)[C@H](NC(=O)c1ccc([N+](=O)[O-])cc1Cl)C(=O)N1CCC(C(=O)Nc2ccccc2)CC1. The van der Waals surface area contributed by atoms with Crippen LogP contribution in [-0.2, 0) is 9.59 Å². The summed E-state index contributed by atoms with van der Waals surface area (Å²) in [6, 6.07) is 12.0. The Kier molecular flexibility index (Phi) is 8.22. The highest BCUT2D eigenvalue weighted by Crippen LogP contribution is 2.24. The molecule has 1 saturated heterocycles. The van der Waals surface area contributed by atoms with E-state index in [1.165, 1.54) is 12.1 Å². The Labute approximate surface area is 202 Å². The highest BCUT2D eigenvalue weighted by Gasteiger charge is 2.33. The van der Waals surface area contributed by atoms with E-state index in [0.29, 0.717) is 25.9 Å². The third-order valence-corrected chi connectivity index (χ3v) is 6.16. The summed E-state index contributed by atoms with van der Waals surface area (Å²) in [7, 11) is 0. The van der Waals surface area contributed by atoms with E-state index >= 15 is 0 Å². The van der Waals surface area contributed by atoms with Crippen LogP contribution >= 0.6 is 11.6 Å². The molecule has 2 aromatic rings. The Hall–Kier alpha value is -3.46. The molecular formula is C24H27ClN4O5. The minimum absolute atomic E-state index is 0.0574. The van der Waals surface area contributed by atoms with E-state index in [4.69, 9.17) is 11.6 Å². The van der Waals surface area contributed by atoms with E-state index in [2.05, 4.69) is 10.6 Å². The molecule has 10 heteroatoms. The van der Waals surface area contributed by atoms with Crippen LogP contribution in [0.4, 0.5) is 11.4 Å². The van der Waals surface area contributed by atoms with E-state index < -0.39 is 16.9 Å². The number of para-hydroxylation sites is 1. The van der Waals surface area contributed by atoms with Gasteiger partial charge in [0.1, 0.15) is 6.04 Å². The van der Waals surface area contributed by atoms with Gasteiger partial charge in [0.15, 0.2) is 0 Å². The normalized spacial score (nSPS) is 15.0. The zero-order valence-corrected chi connectivity index (χ0v) is 19.7. The van der Waals surface area contributed by atoms with Gasteiger partial charge < -0.3 is 15.5 Å². The van der Waals surface area contributed by atoms with Crippen molar-refractivity contribution in [2.45, 2.75) is 32.7 Å². The molecule has 1 fully saturated rings. The van der Waals surface area contributed by atoms with Crippen molar-refractivity contribution in [3.05, 3.63) is 69.2 Å². The van der Waals surface area contributed by atoms with Crippen molar-refractivity contribution in [3.8, 4) is 0 Å². The highest BCUT2D eigenvalue weighted by atomic mass is 35.5. The van der Waals surface area contributed by atoms with E-state index in [1.54, 1.807) is 4.90 Å². The number of anilines is 1. The number of piperidine rings is 1. The number of nitrogens with one attached hydrogen (secondary N) is 2. The number of nitro benzene ring substituents is 1. The van der Waals surface area contributed by atoms with Crippen molar-refractivity contribution in [3.63, 3.8) is 0 Å². The zero-order valence-electron chi connectivity index (χ0n) is 19.0. The van der Waals surface area contributed by atoms with E-state index in [9.17, 15) is 24.5 Å². The molecule has 34 heavy (non-hydrogen) atoms. The fourth-order valence-electron chi connectivity index (χ4n) is 3.86. The van der Waals surface area contributed by atoms with E-state index in [0.717, 1.165) is 11.8 Å². The van der Waals surface area contributed by atoms with Crippen LogP contribution in [0.15, 0.2) is 48.5 Å². The Bertz CT molecular complexity index is 1070. The van der Waals surface area contributed by atoms with E-state index in [-0.39, 0.29) is 39.9 Å². The third-order valence-electron chi connectivity index (χ3n) is 5.85. The van der Waals surface area contributed by atoms with Crippen molar-refractivity contribution in [1.29, 1.82) is 0 Å². The quantitative estimate of drug-likeness (QED) is 0.454. The average molecular weight is 487 g/mol. The molecule has 2 N–H and O–H groups in total. The second-order valence-electron chi connectivity index (χ2n) is 8.57. The minimum atomic E-state index is -0.798. The van der Waals surface area contributed by atoms with Gasteiger partial charge in [0, 0.05) is 36.8 Å². The van der Waals surface area contributed by atoms with Crippen molar-refractivity contribution in [1.82, 2.24) is 10.2 Å². The third kappa shape index (κ3) is 6.11. The molecule has 1 heterocycles. The number of carbonyl (C=O) groups excluding carboxylic acids is 3. The van der Waals surface area contributed by atoms with Crippen LogP contribution in [0.25, 0.3) is 0 Å². The zero-order chi connectivity index (χ0) is 24.8. The fourth-order valence-corrected chi connectivity index (χ4v) is 4.12. The summed E-state index contributed by atoms with van der Waals surface area (Å²) >= 11 is 6.06. The van der Waals surface area contributed by atoms with Crippen molar-refractivity contribution >= 4 is 40.7 Å². The van der Waals surface area contributed by atoms with Crippen LogP contribution in [-0.4, -0.2) is 46.7 Å². The molecule has 0 radical (unpaired) electrons. The topological polar surface area (TPSA) is 122 Å². The molecule has 1 aliphatic heterocycles. The molecule has 0 saturated carbocycles. The highest BCUT2D eigenvalue weighted by molar-refractivity contribution is 6.34. The largest absolute Gasteiger partial charge is 0.341 e. The summed E-state index contributed by atoms with van der Waals surface area (Å²) in [4.78, 5) is 50.5. The Morgan fingerprint density at radius 1 is 1.09 bits per heavy atom. The number of likely N-dealkylation sites (tertiary alicyclic amines) is 1. The Morgan fingerprint density at radius 3 is 2.29 bits per heavy atom. The van der Waals surface area contributed by atoms with Crippen LogP contribution in [0.2, 0.25) is 5.02 Å². The van der Waals surface area contributed by atoms with Gasteiger partial charge in [-0.15, -0.1) is 0 Å². The average Bonchev–Trinajstić information content (AvgIpc) is 2.82. The van der Waals surface area contributed by atoms with Gasteiger partial charge in [-0.1, -0.05) is 43.6 Å². The molecule has 1 aliphatic rings. The Balaban J connectivity index is 1.60. The number of non-ortho nitro benzene ring substituents is 1.